The third kappa shape index (κ3) is 4.50. The van der Waals surface area contributed by atoms with Crippen molar-refractivity contribution in [3.8, 4) is 11.4 Å². The van der Waals surface area contributed by atoms with Crippen LogP contribution in [0.3, 0.4) is 0 Å². The number of amides is 1. The Bertz CT molecular complexity index is 985. The maximum Gasteiger partial charge on any atom is 0.271 e. The summed E-state index contributed by atoms with van der Waals surface area (Å²) in [4.78, 5) is 18.7. The molecule has 152 valence electrons. The maximum absolute atomic E-state index is 12.4. The summed E-state index contributed by atoms with van der Waals surface area (Å²) in [5.74, 6) is 0.561. The molecular formula is C22H26N4O2S. The van der Waals surface area contributed by atoms with Crippen LogP contribution in [0.2, 0.25) is 0 Å². The van der Waals surface area contributed by atoms with E-state index in [2.05, 4.69) is 10.4 Å². The predicted octanol–water partition coefficient (Wildman–Crippen LogP) is 3.89. The predicted molar refractivity (Wildman–Crippen MR) is 114 cm³/mol. The van der Waals surface area contributed by atoms with Gasteiger partial charge in [0.05, 0.1) is 17.8 Å². The molecule has 2 heterocycles. The van der Waals surface area contributed by atoms with E-state index in [0.717, 1.165) is 36.3 Å². The van der Waals surface area contributed by atoms with Crippen LogP contribution in [-0.4, -0.2) is 34.3 Å². The largest absolute Gasteiger partial charge is 0.494 e. The quantitative estimate of drug-likeness (QED) is 0.600. The molecular weight excluding hydrogens is 384 g/mol. The molecule has 0 unspecified atom stereocenters. The van der Waals surface area contributed by atoms with E-state index in [9.17, 15) is 4.79 Å². The maximum atomic E-state index is 12.4. The van der Waals surface area contributed by atoms with E-state index in [0.29, 0.717) is 12.2 Å². The fourth-order valence-electron chi connectivity index (χ4n) is 3.60. The van der Waals surface area contributed by atoms with Gasteiger partial charge in [-0.2, -0.15) is 5.10 Å². The molecule has 0 fully saturated rings. The fourth-order valence-corrected chi connectivity index (χ4v) is 4.80. The molecule has 4 rings (SSSR count). The van der Waals surface area contributed by atoms with Gasteiger partial charge in [0.25, 0.3) is 5.91 Å². The molecule has 2 aromatic heterocycles. The first-order chi connectivity index (χ1) is 14.1. The second-order valence-electron chi connectivity index (χ2n) is 7.36. The molecule has 0 saturated carbocycles. The molecule has 1 aliphatic rings. The van der Waals surface area contributed by atoms with Gasteiger partial charge in [-0.05, 0) is 62.8 Å². The SMILES string of the molecule is COc1ccc(C)cc1-n1ccc(C(=O)NCCCc2nc3c(s2)CCCC3)n1. The average molecular weight is 411 g/mol. The Balaban J connectivity index is 1.32. The number of benzene rings is 1. The van der Waals surface area contributed by atoms with E-state index in [1.54, 1.807) is 24.1 Å². The van der Waals surface area contributed by atoms with Crippen molar-refractivity contribution in [2.45, 2.75) is 45.4 Å². The van der Waals surface area contributed by atoms with Gasteiger partial charge in [0.1, 0.15) is 11.4 Å². The molecule has 0 atom stereocenters. The Morgan fingerprint density at radius 1 is 1.28 bits per heavy atom. The Labute approximate surface area is 174 Å². The van der Waals surface area contributed by atoms with E-state index in [-0.39, 0.29) is 5.91 Å². The van der Waals surface area contributed by atoms with E-state index in [1.807, 2.05) is 36.5 Å². The Hall–Kier alpha value is -2.67. The van der Waals surface area contributed by atoms with Crippen LogP contribution in [0.5, 0.6) is 5.75 Å². The van der Waals surface area contributed by atoms with E-state index in [1.165, 1.54) is 34.8 Å². The van der Waals surface area contributed by atoms with Crippen molar-refractivity contribution >= 4 is 17.2 Å². The first-order valence-electron chi connectivity index (χ1n) is 10.1. The number of nitrogens with one attached hydrogen (secondary N) is 1. The molecule has 3 aromatic rings. The van der Waals surface area contributed by atoms with Gasteiger partial charge in [0, 0.05) is 24.0 Å². The number of aryl methyl sites for hydroxylation is 4. The van der Waals surface area contributed by atoms with E-state index in [4.69, 9.17) is 9.72 Å². The molecule has 0 spiro atoms. The summed E-state index contributed by atoms with van der Waals surface area (Å²) >= 11 is 1.84. The number of ether oxygens (including phenoxy) is 1. The zero-order valence-electron chi connectivity index (χ0n) is 16.9. The molecule has 7 heteroatoms. The number of hydrogen-bond donors (Lipinski definition) is 1. The summed E-state index contributed by atoms with van der Waals surface area (Å²) in [6.45, 7) is 2.63. The van der Waals surface area contributed by atoms with Gasteiger partial charge in [-0.25, -0.2) is 9.67 Å². The lowest BCUT2D eigenvalue weighted by Crippen LogP contribution is -2.25. The summed E-state index contributed by atoms with van der Waals surface area (Å²) in [5.41, 5.74) is 3.63. The summed E-state index contributed by atoms with van der Waals surface area (Å²) in [7, 11) is 1.63. The zero-order chi connectivity index (χ0) is 20.2. The lowest BCUT2D eigenvalue weighted by atomic mass is 10.0. The highest BCUT2D eigenvalue weighted by Crippen LogP contribution is 2.27. The number of hydrogen-bond acceptors (Lipinski definition) is 5. The smallest absolute Gasteiger partial charge is 0.271 e. The van der Waals surface area contributed by atoms with Crippen molar-refractivity contribution < 1.29 is 9.53 Å². The van der Waals surface area contributed by atoms with Crippen molar-refractivity contribution in [1.82, 2.24) is 20.1 Å². The number of carbonyl (C=O) groups is 1. The summed E-state index contributed by atoms with van der Waals surface area (Å²) in [6.07, 6.45) is 8.41. The first kappa shape index (κ1) is 19.6. The van der Waals surface area contributed by atoms with Crippen molar-refractivity contribution in [2.75, 3.05) is 13.7 Å². The molecule has 0 bridgehead atoms. The van der Waals surface area contributed by atoms with Crippen LogP contribution in [0.25, 0.3) is 5.69 Å². The van der Waals surface area contributed by atoms with E-state index >= 15 is 0 Å². The molecule has 6 nitrogen and oxygen atoms in total. The van der Waals surface area contributed by atoms with Crippen molar-refractivity contribution in [3.05, 3.63) is 57.3 Å². The van der Waals surface area contributed by atoms with Gasteiger partial charge in [0.2, 0.25) is 0 Å². The Morgan fingerprint density at radius 2 is 2.14 bits per heavy atom. The van der Waals surface area contributed by atoms with Crippen LogP contribution in [0, 0.1) is 6.92 Å². The van der Waals surface area contributed by atoms with Gasteiger partial charge in [-0.1, -0.05) is 6.07 Å². The number of nitrogens with zero attached hydrogens (tertiary/aromatic N) is 3. The number of thiazole rings is 1. The highest BCUT2D eigenvalue weighted by molar-refractivity contribution is 7.11. The molecule has 0 radical (unpaired) electrons. The summed E-state index contributed by atoms with van der Waals surface area (Å²) in [5, 5.41) is 8.59. The third-order valence-corrected chi connectivity index (χ3v) is 6.36. The van der Waals surface area contributed by atoms with Gasteiger partial charge in [-0.15, -0.1) is 11.3 Å². The lowest BCUT2D eigenvalue weighted by Gasteiger charge is -2.09. The molecule has 0 aliphatic heterocycles. The van der Waals surface area contributed by atoms with Crippen molar-refractivity contribution in [2.24, 2.45) is 0 Å². The molecule has 29 heavy (non-hydrogen) atoms. The van der Waals surface area contributed by atoms with Crippen LogP contribution in [-0.2, 0) is 19.3 Å². The topological polar surface area (TPSA) is 69.0 Å². The molecule has 1 N–H and O–H groups in total. The molecule has 1 amide bonds. The monoisotopic (exact) mass is 410 g/mol. The van der Waals surface area contributed by atoms with Crippen LogP contribution in [0.1, 0.15) is 50.9 Å². The van der Waals surface area contributed by atoms with Gasteiger partial charge in [0.15, 0.2) is 5.69 Å². The molecule has 1 aliphatic carbocycles. The standard InChI is InChI=1S/C22H26N4O2S/c1-15-9-10-19(28-2)18(14-15)26-13-11-17(25-26)22(27)23-12-5-8-21-24-16-6-3-4-7-20(16)29-21/h9-11,13-14H,3-8,12H2,1-2H3,(H,23,27). The lowest BCUT2D eigenvalue weighted by molar-refractivity contribution is 0.0948. The second-order valence-corrected chi connectivity index (χ2v) is 8.53. The van der Waals surface area contributed by atoms with Gasteiger partial charge in [-0.3, -0.25) is 4.79 Å². The Morgan fingerprint density at radius 3 is 2.97 bits per heavy atom. The number of carbonyl (C=O) groups excluding carboxylic acids is 1. The summed E-state index contributed by atoms with van der Waals surface area (Å²) < 4.78 is 7.09. The average Bonchev–Trinajstić information content (AvgIpc) is 3.38. The Kier molecular flexibility index (Phi) is 5.94. The third-order valence-electron chi connectivity index (χ3n) is 5.15. The number of fused-ring (bicyclic) bond motifs is 1. The molecule has 0 saturated heterocycles. The van der Waals surface area contributed by atoms with Crippen LogP contribution in [0.4, 0.5) is 0 Å². The van der Waals surface area contributed by atoms with Crippen molar-refractivity contribution in [3.63, 3.8) is 0 Å². The van der Waals surface area contributed by atoms with Crippen molar-refractivity contribution in [1.29, 1.82) is 0 Å². The van der Waals surface area contributed by atoms with E-state index < -0.39 is 0 Å². The number of methoxy groups -OCH3 is 1. The summed E-state index contributed by atoms with van der Waals surface area (Å²) in [6, 6.07) is 7.61. The van der Waals surface area contributed by atoms with Gasteiger partial charge >= 0.3 is 0 Å². The normalized spacial score (nSPS) is 13.2. The minimum Gasteiger partial charge on any atom is -0.494 e. The fraction of sp³-hybridized carbons (Fsp3) is 0.409. The van der Waals surface area contributed by atoms with Crippen LogP contribution in [0.15, 0.2) is 30.5 Å². The second kappa shape index (κ2) is 8.78. The highest BCUT2D eigenvalue weighted by atomic mass is 32.1. The first-order valence-corrected chi connectivity index (χ1v) is 10.9. The highest BCUT2D eigenvalue weighted by Gasteiger charge is 2.15. The number of aromatic nitrogens is 3. The number of rotatable bonds is 7. The zero-order valence-corrected chi connectivity index (χ0v) is 17.7. The molecule has 1 aromatic carbocycles. The minimum absolute atomic E-state index is 0.159. The van der Waals surface area contributed by atoms with Crippen LogP contribution < -0.4 is 10.1 Å². The van der Waals surface area contributed by atoms with Gasteiger partial charge < -0.3 is 10.1 Å². The van der Waals surface area contributed by atoms with Crippen LogP contribution >= 0.6 is 11.3 Å². The minimum atomic E-state index is -0.159.